The van der Waals surface area contributed by atoms with E-state index in [4.69, 9.17) is 9.84 Å². The van der Waals surface area contributed by atoms with E-state index < -0.39 is 38.8 Å². The normalized spacial score (nSPS) is 21.5. The first kappa shape index (κ1) is 22.6. The van der Waals surface area contributed by atoms with Crippen LogP contribution in [0.25, 0.3) is 0 Å². The number of fused-ring (bicyclic) bond motifs is 1. The van der Waals surface area contributed by atoms with Crippen molar-refractivity contribution in [3.05, 3.63) is 48.3 Å². The van der Waals surface area contributed by atoms with E-state index in [0.717, 1.165) is 28.6 Å². The molecule has 13 heteroatoms. The molecule has 1 fully saturated rings. The fraction of sp³-hybridized carbons (Fsp3) is 0.316. The zero-order valence-electron chi connectivity index (χ0n) is 16.7. The number of hydrogen-bond donors (Lipinski definition) is 4. The maximum absolute atomic E-state index is 13.4. The van der Waals surface area contributed by atoms with Crippen molar-refractivity contribution in [3.63, 3.8) is 0 Å². The summed E-state index contributed by atoms with van der Waals surface area (Å²) in [6, 6.07) is 8.57. The van der Waals surface area contributed by atoms with Crippen molar-refractivity contribution < 1.29 is 36.6 Å². The van der Waals surface area contributed by atoms with Gasteiger partial charge in [0.15, 0.2) is 0 Å². The summed E-state index contributed by atoms with van der Waals surface area (Å²) in [6.07, 6.45) is -1.43. The molecule has 2 aliphatic heterocycles. The number of benzene rings is 2. The van der Waals surface area contributed by atoms with Crippen LogP contribution in [0, 0.1) is 5.82 Å². The summed E-state index contributed by atoms with van der Waals surface area (Å²) >= 11 is 0. The highest BCUT2D eigenvalue weighted by Gasteiger charge is 2.38. The van der Waals surface area contributed by atoms with Gasteiger partial charge >= 0.3 is 6.09 Å². The molecule has 32 heavy (non-hydrogen) atoms. The van der Waals surface area contributed by atoms with Gasteiger partial charge < -0.3 is 9.84 Å². The maximum atomic E-state index is 13.4. The molecule has 0 spiro atoms. The lowest BCUT2D eigenvalue weighted by atomic mass is 10.2. The Morgan fingerprint density at radius 3 is 2.56 bits per heavy atom. The van der Waals surface area contributed by atoms with E-state index in [1.54, 1.807) is 0 Å². The summed E-state index contributed by atoms with van der Waals surface area (Å²) in [7, 11) is -7.08. The van der Waals surface area contributed by atoms with Crippen LogP contribution in [0.5, 0.6) is 5.75 Å². The Kier molecular flexibility index (Phi) is 5.94. The number of halogens is 1. The fourth-order valence-electron chi connectivity index (χ4n) is 3.72. The third-order valence-electron chi connectivity index (χ3n) is 5.19. The number of hydrogen-bond acceptors (Lipinski definition) is 7. The highest BCUT2D eigenvalue weighted by molar-refractivity contribution is 8.22. The smallest absolute Gasteiger partial charge is 0.409 e. The van der Waals surface area contributed by atoms with Crippen molar-refractivity contribution in [2.24, 2.45) is 0 Å². The zero-order valence-corrected chi connectivity index (χ0v) is 18.4. The second-order valence-corrected chi connectivity index (χ2v) is 11.5. The molecule has 174 valence electrons. The topological polar surface area (TPSA) is 140 Å². The summed E-state index contributed by atoms with van der Waals surface area (Å²) in [5.41, 5.74) is 0.260. The molecule has 4 rings (SSSR count). The molecule has 0 aromatic heterocycles. The monoisotopic (exact) mass is 487 g/mol. The molecule has 2 aromatic carbocycles. The van der Waals surface area contributed by atoms with E-state index in [-0.39, 0.29) is 40.9 Å². The van der Waals surface area contributed by atoms with Gasteiger partial charge in [0.25, 0.3) is 10.0 Å². The average molecular weight is 488 g/mol. The number of nitrogens with zero attached hydrogens (tertiary/aromatic N) is 2. The Hall–Kier alpha value is -2.58. The first-order valence-electron chi connectivity index (χ1n) is 9.66. The van der Waals surface area contributed by atoms with E-state index in [9.17, 15) is 26.7 Å². The van der Waals surface area contributed by atoms with E-state index >= 15 is 0 Å². The van der Waals surface area contributed by atoms with Crippen LogP contribution in [0.2, 0.25) is 0 Å². The van der Waals surface area contributed by atoms with Gasteiger partial charge in [0.1, 0.15) is 17.7 Å². The molecule has 0 radical (unpaired) electrons. The van der Waals surface area contributed by atoms with Gasteiger partial charge in [-0.1, -0.05) is 0 Å². The average Bonchev–Trinajstić information content (AvgIpc) is 3.05. The van der Waals surface area contributed by atoms with Crippen LogP contribution in [-0.4, -0.2) is 64.5 Å². The van der Waals surface area contributed by atoms with Gasteiger partial charge in [-0.05, 0) is 48.9 Å². The van der Waals surface area contributed by atoms with Crippen LogP contribution < -0.4 is 14.4 Å². The van der Waals surface area contributed by atoms with E-state index in [1.165, 1.54) is 22.5 Å². The minimum atomic E-state index is -4.16. The van der Waals surface area contributed by atoms with E-state index in [0.29, 0.717) is 13.0 Å². The first-order valence-corrected chi connectivity index (χ1v) is 12.8. The molecule has 1 atom stereocenters. The van der Waals surface area contributed by atoms with Crippen molar-refractivity contribution in [2.45, 2.75) is 17.4 Å². The molecule has 2 aromatic rings. The third-order valence-corrected chi connectivity index (χ3v) is 8.98. The third kappa shape index (κ3) is 4.47. The lowest BCUT2D eigenvalue weighted by Gasteiger charge is -2.41. The quantitative estimate of drug-likeness (QED) is 0.504. The second kappa shape index (κ2) is 8.41. The van der Waals surface area contributed by atoms with Crippen LogP contribution >= 0.6 is 10.8 Å². The number of carboxylic acid groups (broad SMARTS) is 1. The second-order valence-electron chi connectivity index (χ2n) is 7.42. The molecule has 1 amide bonds. The lowest BCUT2D eigenvalue weighted by molar-refractivity contribution is 0.168. The highest BCUT2D eigenvalue weighted by atomic mass is 32.3. The van der Waals surface area contributed by atoms with Gasteiger partial charge in [0.05, 0.1) is 29.4 Å². The van der Waals surface area contributed by atoms with Gasteiger partial charge in [-0.3, -0.25) is 18.7 Å². The van der Waals surface area contributed by atoms with Gasteiger partial charge in [0.2, 0.25) is 0 Å². The number of sulfonamides is 1. The lowest BCUT2D eigenvalue weighted by Crippen LogP contribution is -2.48. The summed E-state index contributed by atoms with van der Waals surface area (Å²) in [5, 5.41) is 11.2. The Morgan fingerprint density at radius 2 is 1.94 bits per heavy atom. The minimum Gasteiger partial charge on any atom is -0.485 e. The van der Waals surface area contributed by atoms with Crippen molar-refractivity contribution in [2.75, 3.05) is 35.0 Å². The van der Waals surface area contributed by atoms with Crippen LogP contribution in [-0.2, 0) is 10.0 Å². The maximum Gasteiger partial charge on any atom is 0.409 e. The fourth-order valence-corrected chi connectivity index (χ4v) is 6.82. The predicted octanol–water partition coefficient (Wildman–Crippen LogP) is 3.24. The number of nitrogens with one attached hydrogen (secondary N) is 1. The first-order chi connectivity index (χ1) is 15.1. The molecule has 1 saturated heterocycles. The van der Waals surface area contributed by atoms with Crippen LogP contribution in [0.1, 0.15) is 6.42 Å². The molecule has 0 aliphatic carbocycles. The van der Waals surface area contributed by atoms with Gasteiger partial charge in [-0.2, -0.15) is 0 Å². The van der Waals surface area contributed by atoms with Crippen molar-refractivity contribution >= 4 is 38.3 Å². The summed E-state index contributed by atoms with van der Waals surface area (Å²) < 4.78 is 69.1. The Morgan fingerprint density at radius 1 is 1.22 bits per heavy atom. The summed E-state index contributed by atoms with van der Waals surface area (Å²) in [4.78, 5) is 10.9. The van der Waals surface area contributed by atoms with Crippen LogP contribution in [0.15, 0.2) is 47.4 Å². The number of carbonyl (C=O) groups is 1. The SMILES string of the molecule is O=C(O)Nc1ccc2c(c1)N(S(=O)(=O)c1ccc(F)cc1)CC(CN1CCCS1(O)O)O2. The Labute approximate surface area is 185 Å². The van der Waals surface area contributed by atoms with Crippen molar-refractivity contribution in [1.82, 2.24) is 4.31 Å². The van der Waals surface area contributed by atoms with Crippen LogP contribution in [0.3, 0.4) is 0 Å². The summed E-state index contributed by atoms with van der Waals surface area (Å²) in [6.45, 7) is 0.378. The molecule has 1 unspecified atom stereocenters. The number of rotatable bonds is 5. The summed E-state index contributed by atoms with van der Waals surface area (Å²) in [5.74, 6) is -0.145. The molecule has 10 nitrogen and oxygen atoms in total. The standard InChI is InChI=1S/C19H22FN3O7S2/c20-13-2-5-16(6-3-13)32(28,29)23-12-15(11-22-8-1-9-31(22,26)27)30-18-7-4-14(10-17(18)23)21-19(24)25/h2-7,10,15,21,26-27H,1,8-9,11-12H2,(H,24,25). The Bertz CT molecular complexity index is 1130. The molecule has 2 heterocycles. The number of amides is 1. The van der Waals surface area contributed by atoms with Gasteiger partial charge in [-0.15, -0.1) is 10.8 Å². The molecular formula is C19H22FN3O7S2. The largest absolute Gasteiger partial charge is 0.485 e. The van der Waals surface area contributed by atoms with Gasteiger partial charge in [-0.25, -0.2) is 21.9 Å². The van der Waals surface area contributed by atoms with E-state index in [2.05, 4.69) is 5.32 Å². The number of anilines is 2. The van der Waals surface area contributed by atoms with Gasteiger partial charge in [0, 0.05) is 12.2 Å². The Balaban J connectivity index is 1.72. The van der Waals surface area contributed by atoms with E-state index in [1.807, 2.05) is 0 Å². The predicted molar refractivity (Wildman–Crippen MR) is 117 cm³/mol. The highest BCUT2D eigenvalue weighted by Crippen LogP contribution is 2.49. The molecule has 2 aliphatic rings. The molecule has 4 N–H and O–H groups in total. The molecular weight excluding hydrogens is 465 g/mol. The zero-order chi connectivity index (χ0) is 23.1. The number of ether oxygens (including phenoxy) is 1. The molecule has 0 bridgehead atoms. The van der Waals surface area contributed by atoms with Crippen molar-refractivity contribution in [3.8, 4) is 5.75 Å². The van der Waals surface area contributed by atoms with Crippen molar-refractivity contribution in [1.29, 1.82) is 0 Å². The molecule has 0 saturated carbocycles. The van der Waals surface area contributed by atoms with Crippen LogP contribution in [0.4, 0.5) is 20.6 Å². The minimum absolute atomic E-state index is 0.0896.